The highest BCUT2D eigenvalue weighted by Gasteiger charge is 2.18. The molecule has 0 saturated heterocycles. The minimum Gasteiger partial charge on any atom is -0.382 e. The van der Waals surface area contributed by atoms with Crippen LogP contribution in [0.25, 0.3) is 0 Å². The van der Waals surface area contributed by atoms with Gasteiger partial charge in [-0.1, -0.05) is 28.1 Å². The Bertz CT molecular complexity index is 525. The molecule has 0 aliphatic carbocycles. The Morgan fingerprint density at radius 1 is 1.41 bits per heavy atom. The fraction of sp³-hybridized carbons (Fsp3) is 0.250. The zero-order valence-electron chi connectivity index (χ0n) is 9.27. The van der Waals surface area contributed by atoms with E-state index in [1.807, 2.05) is 31.2 Å². The highest BCUT2D eigenvalue weighted by atomic mass is 79.9. The van der Waals surface area contributed by atoms with Gasteiger partial charge in [0.05, 0.1) is 16.4 Å². The standard InChI is InChI=1S/C12H12Br2N2O/c1-2-16-11(10(14)7-15-16)12(17)8-4-3-5-9(13)6-8/h3-7,12,17H,2H2,1H3. The lowest BCUT2D eigenvalue weighted by atomic mass is 10.1. The van der Waals surface area contributed by atoms with E-state index in [2.05, 4.69) is 37.0 Å². The lowest BCUT2D eigenvalue weighted by Gasteiger charge is -2.14. The highest BCUT2D eigenvalue weighted by molar-refractivity contribution is 9.10. The number of hydrogen-bond donors (Lipinski definition) is 1. The van der Waals surface area contributed by atoms with Gasteiger partial charge < -0.3 is 5.11 Å². The van der Waals surface area contributed by atoms with Crippen LogP contribution in [-0.2, 0) is 6.54 Å². The Hall–Kier alpha value is -0.650. The van der Waals surface area contributed by atoms with Gasteiger partial charge in [0.25, 0.3) is 0 Å². The second-order valence-corrected chi connectivity index (χ2v) is 5.42. The minimum absolute atomic E-state index is 0.677. The molecule has 1 heterocycles. The molecule has 0 amide bonds. The van der Waals surface area contributed by atoms with Crippen LogP contribution in [0.5, 0.6) is 0 Å². The average molecular weight is 360 g/mol. The summed E-state index contributed by atoms with van der Waals surface area (Å²) in [5.41, 5.74) is 1.63. The summed E-state index contributed by atoms with van der Waals surface area (Å²) in [6.45, 7) is 2.72. The van der Waals surface area contributed by atoms with E-state index >= 15 is 0 Å². The maximum Gasteiger partial charge on any atom is 0.122 e. The third-order valence-corrected chi connectivity index (χ3v) is 3.66. The van der Waals surface area contributed by atoms with Crippen molar-refractivity contribution in [2.75, 3.05) is 0 Å². The van der Waals surface area contributed by atoms with Crippen molar-refractivity contribution in [2.24, 2.45) is 0 Å². The molecule has 90 valence electrons. The van der Waals surface area contributed by atoms with Crippen molar-refractivity contribution in [3.8, 4) is 0 Å². The van der Waals surface area contributed by atoms with Gasteiger partial charge in [-0.15, -0.1) is 0 Å². The molecule has 0 spiro atoms. The first kappa shape index (κ1) is 12.8. The van der Waals surface area contributed by atoms with Gasteiger partial charge in [-0.25, -0.2) is 0 Å². The van der Waals surface area contributed by atoms with E-state index in [0.29, 0.717) is 0 Å². The van der Waals surface area contributed by atoms with E-state index in [1.165, 1.54) is 0 Å². The van der Waals surface area contributed by atoms with E-state index in [-0.39, 0.29) is 0 Å². The van der Waals surface area contributed by atoms with Crippen LogP contribution in [0.4, 0.5) is 0 Å². The molecule has 0 bridgehead atoms. The maximum atomic E-state index is 10.4. The average Bonchev–Trinajstić information content (AvgIpc) is 2.69. The zero-order valence-corrected chi connectivity index (χ0v) is 12.4. The summed E-state index contributed by atoms with van der Waals surface area (Å²) in [7, 11) is 0. The molecule has 0 radical (unpaired) electrons. The van der Waals surface area contributed by atoms with E-state index in [0.717, 1.165) is 26.7 Å². The van der Waals surface area contributed by atoms with E-state index in [9.17, 15) is 5.11 Å². The minimum atomic E-state index is -0.677. The fourth-order valence-electron chi connectivity index (χ4n) is 1.73. The number of hydrogen-bond acceptors (Lipinski definition) is 2. The molecular formula is C12H12Br2N2O. The van der Waals surface area contributed by atoms with Crippen molar-refractivity contribution >= 4 is 31.9 Å². The number of aliphatic hydroxyl groups is 1. The van der Waals surface area contributed by atoms with Crippen molar-refractivity contribution in [3.05, 3.63) is 50.7 Å². The van der Waals surface area contributed by atoms with Gasteiger partial charge in [0, 0.05) is 11.0 Å². The molecule has 3 nitrogen and oxygen atoms in total. The van der Waals surface area contributed by atoms with Crippen LogP contribution in [0.3, 0.4) is 0 Å². The number of aryl methyl sites for hydroxylation is 1. The van der Waals surface area contributed by atoms with E-state index in [4.69, 9.17) is 0 Å². The summed E-state index contributed by atoms with van der Waals surface area (Å²) in [4.78, 5) is 0. The smallest absolute Gasteiger partial charge is 0.122 e. The summed E-state index contributed by atoms with van der Waals surface area (Å²) in [5, 5.41) is 14.6. The Kier molecular flexibility index (Phi) is 4.01. The van der Waals surface area contributed by atoms with Gasteiger partial charge in [-0.3, -0.25) is 4.68 Å². The molecule has 0 aliphatic heterocycles. The van der Waals surface area contributed by atoms with Gasteiger partial charge in [-0.05, 0) is 40.5 Å². The third kappa shape index (κ3) is 2.61. The normalized spacial score (nSPS) is 12.7. The molecule has 17 heavy (non-hydrogen) atoms. The Morgan fingerprint density at radius 2 is 2.18 bits per heavy atom. The number of halogens is 2. The number of rotatable bonds is 3. The lowest BCUT2D eigenvalue weighted by molar-refractivity contribution is 0.207. The summed E-state index contributed by atoms with van der Waals surface area (Å²) in [6.07, 6.45) is 1.03. The third-order valence-electron chi connectivity index (χ3n) is 2.56. The van der Waals surface area contributed by atoms with Crippen LogP contribution in [0.2, 0.25) is 0 Å². The molecule has 0 saturated carbocycles. The Morgan fingerprint density at radius 3 is 2.82 bits per heavy atom. The van der Waals surface area contributed by atoms with Crippen LogP contribution < -0.4 is 0 Å². The predicted molar refractivity (Wildman–Crippen MR) is 73.8 cm³/mol. The molecule has 0 fully saturated rings. The molecule has 2 rings (SSSR count). The number of aliphatic hydroxyl groups excluding tert-OH is 1. The van der Waals surface area contributed by atoms with Crippen LogP contribution in [0.15, 0.2) is 39.4 Å². The van der Waals surface area contributed by atoms with Gasteiger partial charge in [0.2, 0.25) is 0 Å². The molecule has 5 heteroatoms. The molecule has 1 unspecified atom stereocenters. The van der Waals surface area contributed by atoms with Crippen LogP contribution in [0, 0.1) is 0 Å². The Balaban J connectivity index is 2.43. The molecular weight excluding hydrogens is 348 g/mol. The summed E-state index contributed by atoms with van der Waals surface area (Å²) in [6, 6.07) is 7.64. The topological polar surface area (TPSA) is 38.0 Å². The quantitative estimate of drug-likeness (QED) is 0.910. The molecule has 0 aliphatic rings. The van der Waals surface area contributed by atoms with Crippen molar-refractivity contribution in [1.29, 1.82) is 0 Å². The van der Waals surface area contributed by atoms with Crippen molar-refractivity contribution < 1.29 is 5.11 Å². The first-order valence-corrected chi connectivity index (χ1v) is 6.86. The number of aromatic nitrogens is 2. The summed E-state index contributed by atoms with van der Waals surface area (Å²) >= 11 is 6.82. The van der Waals surface area contributed by atoms with E-state index in [1.54, 1.807) is 10.9 Å². The maximum absolute atomic E-state index is 10.4. The molecule has 1 N–H and O–H groups in total. The molecule has 2 aromatic rings. The van der Waals surface area contributed by atoms with Crippen molar-refractivity contribution in [2.45, 2.75) is 19.6 Å². The van der Waals surface area contributed by atoms with Crippen molar-refractivity contribution in [3.63, 3.8) is 0 Å². The molecule has 1 atom stereocenters. The van der Waals surface area contributed by atoms with E-state index < -0.39 is 6.10 Å². The first-order valence-electron chi connectivity index (χ1n) is 5.28. The van der Waals surface area contributed by atoms with Crippen LogP contribution >= 0.6 is 31.9 Å². The largest absolute Gasteiger partial charge is 0.382 e. The predicted octanol–water partition coefficient (Wildman–Crippen LogP) is 3.51. The molecule has 1 aromatic carbocycles. The fourth-order valence-corrected chi connectivity index (χ4v) is 2.66. The SMILES string of the molecule is CCn1ncc(Br)c1C(O)c1cccc(Br)c1. The second kappa shape index (κ2) is 5.33. The van der Waals surface area contributed by atoms with Gasteiger partial charge in [0.15, 0.2) is 0 Å². The summed E-state index contributed by atoms with van der Waals surface area (Å²) < 4.78 is 3.56. The van der Waals surface area contributed by atoms with Crippen LogP contribution in [0.1, 0.15) is 24.3 Å². The van der Waals surface area contributed by atoms with Gasteiger partial charge in [0.1, 0.15) is 6.10 Å². The van der Waals surface area contributed by atoms with Gasteiger partial charge in [-0.2, -0.15) is 5.10 Å². The lowest BCUT2D eigenvalue weighted by Crippen LogP contribution is -2.09. The monoisotopic (exact) mass is 358 g/mol. The van der Waals surface area contributed by atoms with Crippen LogP contribution in [-0.4, -0.2) is 14.9 Å². The number of nitrogens with zero attached hydrogens (tertiary/aromatic N) is 2. The Labute approximate surface area is 117 Å². The molecule has 1 aromatic heterocycles. The zero-order chi connectivity index (χ0) is 12.4. The number of benzene rings is 1. The summed E-state index contributed by atoms with van der Waals surface area (Å²) in [5.74, 6) is 0. The second-order valence-electron chi connectivity index (χ2n) is 3.65. The highest BCUT2D eigenvalue weighted by Crippen LogP contribution is 2.29. The first-order chi connectivity index (χ1) is 8.13. The van der Waals surface area contributed by atoms with Gasteiger partial charge >= 0.3 is 0 Å². The van der Waals surface area contributed by atoms with Crippen molar-refractivity contribution in [1.82, 2.24) is 9.78 Å².